The van der Waals surface area contributed by atoms with Gasteiger partial charge in [0.05, 0.1) is 6.61 Å². The summed E-state index contributed by atoms with van der Waals surface area (Å²) >= 11 is 3.29. The first-order valence-electron chi connectivity index (χ1n) is 6.33. The minimum absolute atomic E-state index is 0.339. The Hall–Kier alpha value is -1.13. The van der Waals surface area contributed by atoms with Crippen LogP contribution in [0.25, 0.3) is 0 Å². The minimum Gasteiger partial charge on any atom is -0.428 e. The predicted molar refractivity (Wildman–Crippen MR) is 76.5 cm³/mol. The zero-order chi connectivity index (χ0) is 13.8. The number of halogens is 1. The fraction of sp³-hybridized carbons (Fsp3) is 0.400. The lowest BCUT2D eigenvalue weighted by molar-refractivity contribution is -0.161. The van der Waals surface area contributed by atoms with Crippen molar-refractivity contribution in [2.45, 2.75) is 33.2 Å². The first-order valence-corrected chi connectivity index (χ1v) is 7.12. The van der Waals surface area contributed by atoms with E-state index in [1.54, 1.807) is 0 Å². The summed E-state index contributed by atoms with van der Waals surface area (Å²) in [6.45, 7) is 4.63. The summed E-state index contributed by atoms with van der Waals surface area (Å²) < 4.78 is 11.5. The molecule has 3 nitrogen and oxygen atoms in total. The maximum absolute atomic E-state index is 11.6. The van der Waals surface area contributed by atoms with Gasteiger partial charge >= 0.3 is 5.97 Å². The summed E-state index contributed by atoms with van der Waals surface area (Å²) in [5, 5.41) is 0. The van der Waals surface area contributed by atoms with Crippen LogP contribution in [0.2, 0.25) is 0 Å². The molecular formula is C15H17BrO3. The average Bonchev–Trinajstić information content (AvgIpc) is 2.65. The number of ether oxygens (including phenoxy) is 2. The van der Waals surface area contributed by atoms with Gasteiger partial charge in [0.2, 0.25) is 6.29 Å². The van der Waals surface area contributed by atoms with Crippen molar-refractivity contribution >= 4 is 21.9 Å². The van der Waals surface area contributed by atoms with Crippen LogP contribution in [-0.4, -0.2) is 12.3 Å². The number of benzene rings is 1. The molecule has 0 amide bonds. The van der Waals surface area contributed by atoms with E-state index in [0.717, 1.165) is 17.6 Å². The van der Waals surface area contributed by atoms with E-state index in [1.165, 1.54) is 0 Å². The number of rotatable bonds is 5. The Morgan fingerprint density at radius 1 is 1.32 bits per heavy atom. The molecule has 0 N–H and O–H groups in total. The van der Waals surface area contributed by atoms with E-state index >= 15 is 0 Å². The largest absolute Gasteiger partial charge is 0.428 e. The van der Waals surface area contributed by atoms with E-state index in [2.05, 4.69) is 29.8 Å². The van der Waals surface area contributed by atoms with E-state index in [0.29, 0.717) is 17.0 Å². The van der Waals surface area contributed by atoms with Gasteiger partial charge in [-0.25, -0.2) is 4.79 Å². The molecule has 0 aromatic heterocycles. The Morgan fingerprint density at radius 2 is 2.00 bits per heavy atom. The normalized spacial score (nSPS) is 19.2. The van der Waals surface area contributed by atoms with Crippen molar-refractivity contribution in [3.63, 3.8) is 0 Å². The van der Waals surface area contributed by atoms with Crippen molar-refractivity contribution in [1.82, 2.24) is 0 Å². The standard InChI is InChI=1S/C15H17BrO3/c1-10(2)8-12-13(16)14(17)19-15(12)18-9-11-6-4-3-5-7-11/h3-7,10,15H,8-9H2,1-2H3. The molecule has 1 heterocycles. The van der Waals surface area contributed by atoms with Crippen molar-refractivity contribution in [2.24, 2.45) is 5.92 Å². The Balaban J connectivity index is 2.02. The first kappa shape index (κ1) is 14.3. The third-order valence-corrected chi connectivity index (χ3v) is 3.67. The lowest BCUT2D eigenvalue weighted by Gasteiger charge is -2.16. The maximum Gasteiger partial charge on any atom is 0.347 e. The van der Waals surface area contributed by atoms with Crippen LogP contribution in [0.3, 0.4) is 0 Å². The monoisotopic (exact) mass is 324 g/mol. The molecule has 1 atom stereocenters. The molecule has 102 valence electrons. The lowest BCUT2D eigenvalue weighted by atomic mass is 10.0. The lowest BCUT2D eigenvalue weighted by Crippen LogP contribution is -2.17. The summed E-state index contributed by atoms with van der Waals surface area (Å²) in [7, 11) is 0. The highest BCUT2D eigenvalue weighted by atomic mass is 79.9. The zero-order valence-corrected chi connectivity index (χ0v) is 12.6. The second-order valence-corrected chi connectivity index (χ2v) is 5.76. The third kappa shape index (κ3) is 3.67. The molecule has 4 heteroatoms. The Kier molecular flexibility index (Phi) is 4.77. The van der Waals surface area contributed by atoms with Gasteiger partial charge in [-0.15, -0.1) is 0 Å². The molecule has 1 aliphatic heterocycles. The van der Waals surface area contributed by atoms with Gasteiger partial charge in [0, 0.05) is 5.57 Å². The van der Waals surface area contributed by atoms with Gasteiger partial charge in [-0.05, 0) is 33.8 Å². The van der Waals surface area contributed by atoms with Crippen LogP contribution in [0.4, 0.5) is 0 Å². The third-order valence-electron chi connectivity index (χ3n) is 2.83. The van der Waals surface area contributed by atoms with Crippen LogP contribution < -0.4 is 0 Å². The van der Waals surface area contributed by atoms with Crippen LogP contribution in [0.15, 0.2) is 40.4 Å². The first-order chi connectivity index (χ1) is 9.08. The minimum atomic E-state index is -0.565. The van der Waals surface area contributed by atoms with Crippen molar-refractivity contribution in [1.29, 1.82) is 0 Å². The smallest absolute Gasteiger partial charge is 0.347 e. The van der Waals surface area contributed by atoms with Crippen LogP contribution in [-0.2, 0) is 20.9 Å². The van der Waals surface area contributed by atoms with Gasteiger partial charge in [0.15, 0.2) is 0 Å². The Labute approximate surface area is 121 Å². The second kappa shape index (κ2) is 6.35. The van der Waals surface area contributed by atoms with E-state index in [9.17, 15) is 4.79 Å². The van der Waals surface area contributed by atoms with Crippen LogP contribution >= 0.6 is 15.9 Å². The highest BCUT2D eigenvalue weighted by molar-refractivity contribution is 9.12. The summed E-state index contributed by atoms with van der Waals surface area (Å²) in [4.78, 5) is 11.6. The molecule has 1 aromatic rings. The van der Waals surface area contributed by atoms with Crippen LogP contribution in [0, 0.1) is 5.92 Å². The number of hydrogen-bond acceptors (Lipinski definition) is 3. The van der Waals surface area contributed by atoms with Crippen LogP contribution in [0.5, 0.6) is 0 Å². The number of carbonyl (C=O) groups is 1. The molecule has 0 bridgehead atoms. The summed E-state index contributed by atoms with van der Waals surface area (Å²) in [5.74, 6) is 0.105. The predicted octanol–water partition coefficient (Wildman–Crippen LogP) is 3.78. The fourth-order valence-corrected chi connectivity index (χ4v) is 2.40. The maximum atomic E-state index is 11.6. The van der Waals surface area contributed by atoms with E-state index < -0.39 is 6.29 Å². The molecule has 0 radical (unpaired) electrons. The van der Waals surface area contributed by atoms with Gasteiger partial charge in [0.1, 0.15) is 4.48 Å². The molecule has 0 fully saturated rings. The quantitative estimate of drug-likeness (QED) is 0.773. The average molecular weight is 325 g/mol. The molecule has 0 spiro atoms. The van der Waals surface area contributed by atoms with Gasteiger partial charge < -0.3 is 9.47 Å². The van der Waals surface area contributed by atoms with Gasteiger partial charge in [-0.2, -0.15) is 0 Å². The SMILES string of the molecule is CC(C)CC1=C(Br)C(=O)OC1OCc1ccccc1. The summed E-state index contributed by atoms with van der Waals surface area (Å²) in [6, 6.07) is 9.84. The van der Waals surface area contributed by atoms with E-state index in [-0.39, 0.29) is 5.97 Å². The number of cyclic esters (lactones) is 1. The number of esters is 1. The zero-order valence-electron chi connectivity index (χ0n) is 11.1. The summed E-state index contributed by atoms with van der Waals surface area (Å²) in [6.07, 6.45) is 0.218. The van der Waals surface area contributed by atoms with E-state index in [4.69, 9.17) is 9.47 Å². The van der Waals surface area contributed by atoms with Crippen molar-refractivity contribution in [3.05, 3.63) is 46.0 Å². The molecule has 1 aromatic carbocycles. The van der Waals surface area contributed by atoms with Gasteiger partial charge in [-0.1, -0.05) is 44.2 Å². The molecule has 1 aliphatic rings. The van der Waals surface area contributed by atoms with E-state index in [1.807, 2.05) is 30.3 Å². The number of hydrogen-bond donors (Lipinski definition) is 0. The highest BCUT2D eigenvalue weighted by Gasteiger charge is 2.33. The fourth-order valence-electron chi connectivity index (χ4n) is 1.96. The second-order valence-electron chi connectivity index (χ2n) is 4.97. The molecule has 0 saturated carbocycles. The van der Waals surface area contributed by atoms with Gasteiger partial charge in [0.25, 0.3) is 0 Å². The summed E-state index contributed by atoms with van der Waals surface area (Å²) in [5.41, 5.74) is 1.96. The van der Waals surface area contributed by atoms with Crippen molar-refractivity contribution in [3.8, 4) is 0 Å². The number of carbonyl (C=O) groups excluding carboxylic acids is 1. The molecule has 0 aliphatic carbocycles. The van der Waals surface area contributed by atoms with Crippen molar-refractivity contribution in [2.75, 3.05) is 0 Å². The molecular weight excluding hydrogens is 308 g/mol. The highest BCUT2D eigenvalue weighted by Crippen LogP contribution is 2.32. The molecule has 1 unspecified atom stereocenters. The molecule has 19 heavy (non-hydrogen) atoms. The van der Waals surface area contributed by atoms with Crippen LogP contribution in [0.1, 0.15) is 25.8 Å². The van der Waals surface area contributed by atoms with Crippen molar-refractivity contribution < 1.29 is 14.3 Å². The Morgan fingerprint density at radius 3 is 2.63 bits per heavy atom. The Bertz CT molecular complexity index is 479. The molecule has 0 saturated heterocycles. The topological polar surface area (TPSA) is 35.5 Å². The van der Waals surface area contributed by atoms with Gasteiger partial charge in [-0.3, -0.25) is 0 Å². The molecule has 2 rings (SSSR count).